The Labute approximate surface area is 173 Å². The summed E-state index contributed by atoms with van der Waals surface area (Å²) in [5.41, 5.74) is 1.24. The standard InChI is InChI=1S/C19H19BrF3N5O/c1-11-7-17(24-18(29)13(3)28-10-16(20)12(2)25-28)26-27(11)9-14-5-4-6-15(8-14)19(21,22)23/h4-8,10,13H,9H2,1-3H3,(H,24,26,29). The predicted molar refractivity (Wildman–Crippen MR) is 106 cm³/mol. The van der Waals surface area contributed by atoms with Gasteiger partial charge in [-0.25, -0.2) is 0 Å². The average molecular weight is 470 g/mol. The Kier molecular flexibility index (Phi) is 5.83. The van der Waals surface area contributed by atoms with Crippen molar-refractivity contribution in [2.45, 2.75) is 39.5 Å². The molecule has 0 radical (unpaired) electrons. The molecule has 0 aliphatic rings. The van der Waals surface area contributed by atoms with Crippen LogP contribution < -0.4 is 5.32 Å². The molecule has 0 saturated carbocycles. The maximum Gasteiger partial charge on any atom is 0.416 e. The van der Waals surface area contributed by atoms with Crippen LogP contribution in [-0.2, 0) is 17.5 Å². The number of alkyl halides is 3. The van der Waals surface area contributed by atoms with Crippen molar-refractivity contribution >= 4 is 27.7 Å². The van der Waals surface area contributed by atoms with Crippen molar-refractivity contribution in [2.24, 2.45) is 0 Å². The molecule has 29 heavy (non-hydrogen) atoms. The molecule has 1 unspecified atom stereocenters. The highest BCUT2D eigenvalue weighted by Crippen LogP contribution is 2.29. The van der Waals surface area contributed by atoms with E-state index < -0.39 is 17.8 Å². The van der Waals surface area contributed by atoms with E-state index in [1.807, 2.05) is 6.92 Å². The lowest BCUT2D eigenvalue weighted by molar-refractivity contribution is -0.137. The van der Waals surface area contributed by atoms with Gasteiger partial charge in [0.05, 0.1) is 22.3 Å². The Morgan fingerprint density at radius 2 is 1.97 bits per heavy atom. The lowest BCUT2D eigenvalue weighted by Gasteiger charge is -2.11. The molecular formula is C19H19BrF3N5O. The molecule has 2 aromatic heterocycles. The summed E-state index contributed by atoms with van der Waals surface area (Å²) in [6, 6.07) is 6.21. The van der Waals surface area contributed by atoms with Crippen LogP contribution in [0.2, 0.25) is 0 Å². The number of aryl methyl sites for hydroxylation is 2. The highest BCUT2D eigenvalue weighted by molar-refractivity contribution is 9.10. The molecule has 0 aliphatic heterocycles. The summed E-state index contributed by atoms with van der Waals surface area (Å²) in [4.78, 5) is 12.5. The van der Waals surface area contributed by atoms with E-state index in [2.05, 4.69) is 31.4 Å². The molecule has 1 aromatic carbocycles. The Bertz CT molecular complexity index is 1020. The molecule has 0 aliphatic carbocycles. The zero-order valence-electron chi connectivity index (χ0n) is 16.0. The molecule has 3 aromatic rings. The van der Waals surface area contributed by atoms with E-state index >= 15 is 0 Å². The van der Waals surface area contributed by atoms with Crippen LogP contribution in [0.15, 0.2) is 41.0 Å². The summed E-state index contributed by atoms with van der Waals surface area (Å²) in [6.07, 6.45) is -2.68. The minimum Gasteiger partial charge on any atom is -0.307 e. The first kappa shape index (κ1) is 21.1. The van der Waals surface area contributed by atoms with E-state index in [0.29, 0.717) is 17.1 Å². The number of rotatable bonds is 5. The van der Waals surface area contributed by atoms with Crippen LogP contribution in [0, 0.1) is 13.8 Å². The number of benzene rings is 1. The van der Waals surface area contributed by atoms with Gasteiger partial charge in [-0.15, -0.1) is 0 Å². The van der Waals surface area contributed by atoms with Gasteiger partial charge in [0, 0.05) is 18.0 Å². The predicted octanol–water partition coefficient (Wildman–Crippen LogP) is 4.73. The smallest absolute Gasteiger partial charge is 0.307 e. The van der Waals surface area contributed by atoms with Crippen molar-refractivity contribution < 1.29 is 18.0 Å². The maximum absolute atomic E-state index is 12.9. The number of amides is 1. The second-order valence-electron chi connectivity index (χ2n) is 6.73. The van der Waals surface area contributed by atoms with E-state index in [0.717, 1.165) is 22.3 Å². The van der Waals surface area contributed by atoms with Gasteiger partial charge in [-0.1, -0.05) is 12.1 Å². The third-order valence-electron chi connectivity index (χ3n) is 4.45. The summed E-state index contributed by atoms with van der Waals surface area (Å²) in [5.74, 6) is 0.0259. The molecule has 1 amide bonds. The Morgan fingerprint density at radius 3 is 2.59 bits per heavy atom. The Hall–Kier alpha value is -2.62. The molecule has 1 atom stereocenters. The van der Waals surface area contributed by atoms with E-state index in [1.165, 1.54) is 6.07 Å². The molecule has 0 spiro atoms. The fourth-order valence-corrected chi connectivity index (χ4v) is 3.05. The number of halogens is 4. The molecule has 10 heteroatoms. The van der Waals surface area contributed by atoms with Crippen molar-refractivity contribution in [1.82, 2.24) is 19.6 Å². The first-order chi connectivity index (χ1) is 13.5. The molecule has 2 heterocycles. The number of anilines is 1. The normalized spacial score (nSPS) is 12.8. The molecule has 6 nitrogen and oxygen atoms in total. The van der Waals surface area contributed by atoms with Crippen molar-refractivity contribution in [3.05, 3.63) is 63.5 Å². The summed E-state index contributed by atoms with van der Waals surface area (Å²) in [5, 5.41) is 11.3. The molecule has 154 valence electrons. The SMILES string of the molecule is Cc1nn(C(C)C(=O)Nc2cc(C)n(Cc3cccc(C(F)(F)F)c3)n2)cc1Br. The number of nitrogens with zero attached hydrogens (tertiary/aromatic N) is 4. The molecule has 0 saturated heterocycles. The summed E-state index contributed by atoms with van der Waals surface area (Å²) >= 11 is 3.36. The highest BCUT2D eigenvalue weighted by Gasteiger charge is 2.30. The third-order valence-corrected chi connectivity index (χ3v) is 5.23. The van der Waals surface area contributed by atoms with Crippen LogP contribution in [0.3, 0.4) is 0 Å². The van der Waals surface area contributed by atoms with Gasteiger partial charge < -0.3 is 5.32 Å². The van der Waals surface area contributed by atoms with Crippen molar-refractivity contribution in [3.8, 4) is 0 Å². The molecule has 0 bridgehead atoms. The molecule has 3 rings (SSSR count). The second kappa shape index (κ2) is 8.02. The van der Waals surface area contributed by atoms with Crippen molar-refractivity contribution in [3.63, 3.8) is 0 Å². The largest absolute Gasteiger partial charge is 0.416 e. The minimum atomic E-state index is -4.40. The quantitative estimate of drug-likeness (QED) is 0.587. The molecule has 1 N–H and O–H groups in total. The first-order valence-electron chi connectivity index (χ1n) is 8.77. The lowest BCUT2D eigenvalue weighted by Crippen LogP contribution is -2.24. The zero-order chi connectivity index (χ0) is 21.3. The number of hydrogen-bond donors (Lipinski definition) is 1. The van der Waals surface area contributed by atoms with E-state index in [9.17, 15) is 18.0 Å². The van der Waals surface area contributed by atoms with Gasteiger partial charge in [0.25, 0.3) is 0 Å². The molecule has 0 fully saturated rings. The van der Waals surface area contributed by atoms with Gasteiger partial charge in [0.2, 0.25) is 5.91 Å². The zero-order valence-corrected chi connectivity index (χ0v) is 17.5. The van der Waals surface area contributed by atoms with Gasteiger partial charge in [0.15, 0.2) is 5.82 Å². The van der Waals surface area contributed by atoms with Crippen LogP contribution in [0.4, 0.5) is 19.0 Å². The number of hydrogen-bond acceptors (Lipinski definition) is 3. The number of carbonyl (C=O) groups excluding carboxylic acids is 1. The van der Waals surface area contributed by atoms with Crippen molar-refractivity contribution in [1.29, 1.82) is 0 Å². The van der Waals surface area contributed by atoms with Crippen LogP contribution in [0.5, 0.6) is 0 Å². The number of nitrogens with one attached hydrogen (secondary N) is 1. The summed E-state index contributed by atoms with van der Waals surface area (Å²) < 4.78 is 42.6. The van der Waals surface area contributed by atoms with Gasteiger partial charge in [-0.3, -0.25) is 14.2 Å². The summed E-state index contributed by atoms with van der Waals surface area (Å²) in [6.45, 7) is 5.46. The maximum atomic E-state index is 12.9. The van der Waals surface area contributed by atoms with Gasteiger partial charge in [-0.05, 0) is 54.4 Å². The van der Waals surface area contributed by atoms with Crippen LogP contribution in [0.1, 0.15) is 35.5 Å². The average Bonchev–Trinajstić information content (AvgIpc) is 3.15. The topological polar surface area (TPSA) is 64.7 Å². The van der Waals surface area contributed by atoms with Gasteiger partial charge in [0.1, 0.15) is 6.04 Å². The first-order valence-corrected chi connectivity index (χ1v) is 9.56. The highest BCUT2D eigenvalue weighted by atomic mass is 79.9. The van der Waals surface area contributed by atoms with Gasteiger partial charge in [-0.2, -0.15) is 23.4 Å². The summed E-state index contributed by atoms with van der Waals surface area (Å²) in [7, 11) is 0. The Morgan fingerprint density at radius 1 is 1.24 bits per heavy atom. The fraction of sp³-hybridized carbons (Fsp3) is 0.316. The van der Waals surface area contributed by atoms with E-state index in [-0.39, 0.29) is 12.5 Å². The van der Waals surface area contributed by atoms with Crippen LogP contribution in [0.25, 0.3) is 0 Å². The number of aromatic nitrogens is 4. The fourth-order valence-electron chi connectivity index (χ4n) is 2.76. The van der Waals surface area contributed by atoms with E-state index in [1.54, 1.807) is 41.5 Å². The Balaban J connectivity index is 1.72. The van der Waals surface area contributed by atoms with Crippen LogP contribution in [-0.4, -0.2) is 25.5 Å². The monoisotopic (exact) mass is 469 g/mol. The van der Waals surface area contributed by atoms with E-state index in [4.69, 9.17) is 0 Å². The van der Waals surface area contributed by atoms with Crippen LogP contribution >= 0.6 is 15.9 Å². The second-order valence-corrected chi connectivity index (χ2v) is 7.59. The minimum absolute atomic E-state index is 0.159. The number of carbonyl (C=O) groups is 1. The van der Waals surface area contributed by atoms with Gasteiger partial charge >= 0.3 is 6.18 Å². The third kappa shape index (κ3) is 4.87. The molecular weight excluding hydrogens is 451 g/mol. The lowest BCUT2D eigenvalue weighted by atomic mass is 10.1. The van der Waals surface area contributed by atoms with Crippen molar-refractivity contribution in [2.75, 3.05) is 5.32 Å².